The number of nitrogen functional groups attached to an aromatic ring is 1. The van der Waals surface area contributed by atoms with E-state index in [1.165, 1.54) is 12.1 Å². The summed E-state index contributed by atoms with van der Waals surface area (Å²) in [6.45, 7) is 5.88. The summed E-state index contributed by atoms with van der Waals surface area (Å²) in [7, 11) is 0. The Morgan fingerprint density at radius 1 is 1.21 bits per heavy atom. The Labute approximate surface area is 111 Å². The van der Waals surface area contributed by atoms with E-state index in [9.17, 15) is 4.39 Å². The average Bonchev–Trinajstić information content (AvgIpc) is 2.33. The average molecular weight is 260 g/mol. The third-order valence-corrected chi connectivity index (χ3v) is 2.74. The van der Waals surface area contributed by atoms with Gasteiger partial charge >= 0.3 is 0 Å². The van der Waals surface area contributed by atoms with Crippen LogP contribution in [0.4, 0.5) is 21.7 Å². The van der Waals surface area contributed by atoms with Crippen LogP contribution in [0.25, 0.3) is 0 Å². The van der Waals surface area contributed by atoms with E-state index in [4.69, 9.17) is 5.73 Å². The molecule has 3 N–H and O–H groups in total. The summed E-state index contributed by atoms with van der Waals surface area (Å²) in [5.41, 5.74) is 7.36. The van der Waals surface area contributed by atoms with Crippen LogP contribution in [-0.4, -0.2) is 9.97 Å². The van der Waals surface area contributed by atoms with E-state index in [1.807, 2.05) is 20.8 Å². The highest BCUT2D eigenvalue weighted by Gasteiger charge is 2.08. The Hall–Kier alpha value is -2.17. The van der Waals surface area contributed by atoms with Gasteiger partial charge in [0.25, 0.3) is 0 Å². The Morgan fingerprint density at radius 2 is 1.95 bits per heavy atom. The molecule has 1 aromatic heterocycles. The minimum Gasteiger partial charge on any atom is -0.384 e. The second-order valence-corrected chi connectivity index (χ2v) is 4.78. The molecule has 0 bridgehead atoms. The summed E-state index contributed by atoms with van der Waals surface area (Å²) in [5.74, 6) is 1.52. The standard InChI is InChI=1S/C14H17FN4/c1-8(2)14-18-12(16)7-13(19-14)17-11-6-10(15)5-4-9(11)3/h4-8H,1-3H3,(H3,16,17,18,19). The first-order valence-electron chi connectivity index (χ1n) is 6.13. The van der Waals surface area contributed by atoms with Gasteiger partial charge in [0.15, 0.2) is 0 Å². The zero-order valence-corrected chi connectivity index (χ0v) is 11.2. The molecule has 0 aliphatic heterocycles. The predicted molar refractivity (Wildman–Crippen MR) is 75.0 cm³/mol. The lowest BCUT2D eigenvalue weighted by atomic mass is 10.2. The van der Waals surface area contributed by atoms with Crippen LogP contribution >= 0.6 is 0 Å². The molecule has 0 aliphatic carbocycles. The highest BCUT2D eigenvalue weighted by Crippen LogP contribution is 2.22. The van der Waals surface area contributed by atoms with E-state index in [-0.39, 0.29) is 11.7 Å². The van der Waals surface area contributed by atoms with Gasteiger partial charge in [-0.1, -0.05) is 19.9 Å². The van der Waals surface area contributed by atoms with Crippen LogP contribution in [0, 0.1) is 12.7 Å². The molecular formula is C14H17FN4. The highest BCUT2D eigenvalue weighted by atomic mass is 19.1. The fourth-order valence-corrected chi connectivity index (χ4v) is 1.67. The van der Waals surface area contributed by atoms with Crippen LogP contribution in [0.15, 0.2) is 24.3 Å². The zero-order chi connectivity index (χ0) is 14.0. The molecule has 2 aromatic rings. The fraction of sp³-hybridized carbons (Fsp3) is 0.286. The molecule has 4 nitrogen and oxygen atoms in total. The minimum atomic E-state index is -0.292. The van der Waals surface area contributed by atoms with Crippen LogP contribution in [0.2, 0.25) is 0 Å². The summed E-state index contributed by atoms with van der Waals surface area (Å²) in [6, 6.07) is 6.21. The van der Waals surface area contributed by atoms with Crippen molar-refractivity contribution in [2.75, 3.05) is 11.1 Å². The summed E-state index contributed by atoms with van der Waals surface area (Å²) in [5, 5.41) is 3.08. The van der Waals surface area contributed by atoms with Crippen molar-refractivity contribution in [3.8, 4) is 0 Å². The van der Waals surface area contributed by atoms with Gasteiger partial charge in [-0.3, -0.25) is 0 Å². The number of halogens is 1. The SMILES string of the molecule is Cc1ccc(F)cc1Nc1cc(N)nc(C(C)C)n1. The van der Waals surface area contributed by atoms with Crippen molar-refractivity contribution in [3.05, 3.63) is 41.5 Å². The van der Waals surface area contributed by atoms with Gasteiger partial charge in [0.2, 0.25) is 0 Å². The summed E-state index contributed by atoms with van der Waals surface area (Å²) < 4.78 is 13.2. The van der Waals surface area contributed by atoms with Gasteiger partial charge in [-0.25, -0.2) is 14.4 Å². The van der Waals surface area contributed by atoms with Crippen molar-refractivity contribution in [3.63, 3.8) is 0 Å². The van der Waals surface area contributed by atoms with E-state index in [0.717, 1.165) is 5.56 Å². The fourth-order valence-electron chi connectivity index (χ4n) is 1.67. The quantitative estimate of drug-likeness (QED) is 0.888. The van der Waals surface area contributed by atoms with Crippen LogP contribution in [0.1, 0.15) is 31.2 Å². The molecule has 0 saturated carbocycles. The second-order valence-electron chi connectivity index (χ2n) is 4.78. The smallest absolute Gasteiger partial charge is 0.136 e. The van der Waals surface area contributed by atoms with E-state index >= 15 is 0 Å². The third kappa shape index (κ3) is 3.19. The summed E-state index contributed by atoms with van der Waals surface area (Å²) in [6.07, 6.45) is 0. The Bertz CT molecular complexity index is 596. The maximum Gasteiger partial charge on any atom is 0.136 e. The molecule has 0 spiro atoms. The number of nitrogens with two attached hydrogens (primary N) is 1. The van der Waals surface area contributed by atoms with E-state index in [0.29, 0.717) is 23.1 Å². The summed E-state index contributed by atoms with van der Waals surface area (Å²) >= 11 is 0. The number of benzene rings is 1. The molecule has 1 heterocycles. The molecule has 0 radical (unpaired) electrons. The molecular weight excluding hydrogens is 243 g/mol. The molecule has 0 amide bonds. The molecule has 2 rings (SSSR count). The number of rotatable bonds is 3. The van der Waals surface area contributed by atoms with Crippen molar-refractivity contribution in [1.29, 1.82) is 0 Å². The molecule has 0 atom stereocenters. The Balaban J connectivity index is 2.35. The lowest BCUT2D eigenvalue weighted by Crippen LogP contribution is -2.05. The third-order valence-electron chi connectivity index (χ3n) is 2.74. The van der Waals surface area contributed by atoms with E-state index in [1.54, 1.807) is 12.1 Å². The van der Waals surface area contributed by atoms with Gasteiger partial charge in [0.1, 0.15) is 23.3 Å². The molecule has 5 heteroatoms. The molecule has 0 aliphatic rings. The first kappa shape index (κ1) is 13.3. The molecule has 0 unspecified atom stereocenters. The number of aromatic nitrogens is 2. The van der Waals surface area contributed by atoms with Gasteiger partial charge < -0.3 is 11.1 Å². The van der Waals surface area contributed by atoms with Crippen molar-refractivity contribution in [1.82, 2.24) is 9.97 Å². The second kappa shape index (κ2) is 5.22. The number of aryl methyl sites for hydroxylation is 1. The highest BCUT2D eigenvalue weighted by molar-refractivity contribution is 5.62. The number of nitrogens with one attached hydrogen (secondary N) is 1. The van der Waals surface area contributed by atoms with Crippen LogP contribution in [0.5, 0.6) is 0 Å². The van der Waals surface area contributed by atoms with Crippen molar-refractivity contribution < 1.29 is 4.39 Å². The van der Waals surface area contributed by atoms with E-state index in [2.05, 4.69) is 15.3 Å². The number of hydrogen-bond donors (Lipinski definition) is 2. The molecule has 19 heavy (non-hydrogen) atoms. The maximum absolute atomic E-state index is 13.2. The largest absolute Gasteiger partial charge is 0.384 e. The molecule has 0 fully saturated rings. The Morgan fingerprint density at radius 3 is 2.63 bits per heavy atom. The van der Waals surface area contributed by atoms with Crippen molar-refractivity contribution in [2.45, 2.75) is 26.7 Å². The normalized spacial score (nSPS) is 10.8. The first-order chi connectivity index (χ1) is 8.95. The molecule has 1 aromatic carbocycles. The van der Waals surface area contributed by atoms with Crippen LogP contribution in [-0.2, 0) is 0 Å². The first-order valence-corrected chi connectivity index (χ1v) is 6.13. The van der Waals surface area contributed by atoms with Crippen LogP contribution in [0.3, 0.4) is 0 Å². The minimum absolute atomic E-state index is 0.178. The monoisotopic (exact) mass is 260 g/mol. The van der Waals surface area contributed by atoms with E-state index < -0.39 is 0 Å². The topological polar surface area (TPSA) is 63.8 Å². The van der Waals surface area contributed by atoms with Crippen LogP contribution < -0.4 is 11.1 Å². The number of nitrogens with zero attached hydrogens (tertiary/aromatic N) is 2. The van der Waals surface area contributed by atoms with Gasteiger partial charge in [0, 0.05) is 17.7 Å². The van der Waals surface area contributed by atoms with Crippen molar-refractivity contribution in [2.24, 2.45) is 0 Å². The Kier molecular flexibility index (Phi) is 3.64. The molecule has 100 valence electrons. The van der Waals surface area contributed by atoms with Gasteiger partial charge in [-0.05, 0) is 24.6 Å². The molecule has 0 saturated heterocycles. The lowest BCUT2D eigenvalue weighted by Gasteiger charge is -2.12. The maximum atomic E-state index is 13.2. The summed E-state index contributed by atoms with van der Waals surface area (Å²) in [4.78, 5) is 8.54. The van der Waals surface area contributed by atoms with Gasteiger partial charge in [0.05, 0.1) is 0 Å². The number of hydrogen-bond acceptors (Lipinski definition) is 4. The zero-order valence-electron chi connectivity index (χ0n) is 11.2. The van der Waals surface area contributed by atoms with Crippen molar-refractivity contribution >= 4 is 17.3 Å². The van der Waals surface area contributed by atoms with Gasteiger partial charge in [-0.15, -0.1) is 0 Å². The van der Waals surface area contributed by atoms with Gasteiger partial charge in [-0.2, -0.15) is 0 Å². The number of anilines is 3. The predicted octanol–water partition coefficient (Wildman–Crippen LogP) is 3.37. The lowest BCUT2D eigenvalue weighted by molar-refractivity contribution is 0.628.